The number of aliphatic hydroxyl groups is 1. The summed E-state index contributed by atoms with van der Waals surface area (Å²) in [6.07, 6.45) is -0.494. The normalized spacial score (nSPS) is 13.4. The van der Waals surface area contributed by atoms with Crippen molar-refractivity contribution in [1.29, 1.82) is 0 Å². The third-order valence-electron chi connectivity index (χ3n) is 2.89. The van der Waals surface area contributed by atoms with Crippen molar-refractivity contribution in [3.8, 4) is 0 Å². The topological polar surface area (TPSA) is 47.3 Å². The molecule has 0 unspecified atom stereocenters. The molecule has 0 aromatic carbocycles. The monoisotopic (exact) mass is 240 g/mol. The molecule has 98 valence electrons. The summed E-state index contributed by atoms with van der Waals surface area (Å²) in [6.45, 7) is 11.8. The highest BCUT2D eigenvalue weighted by Gasteiger charge is 2.11. The zero-order valence-electron chi connectivity index (χ0n) is 11.5. The van der Waals surface area contributed by atoms with Crippen LogP contribution in [0.4, 0.5) is 0 Å². The molecule has 1 aromatic rings. The predicted octanol–water partition coefficient (Wildman–Crippen LogP) is 1.84. The Bertz CT molecular complexity index is 359. The van der Waals surface area contributed by atoms with Crippen LogP contribution in [0.15, 0.2) is 0 Å². The molecule has 1 N–H and O–H groups in total. The summed E-state index contributed by atoms with van der Waals surface area (Å²) in [7, 11) is 0. The lowest BCUT2D eigenvalue weighted by Gasteiger charge is -2.13. The summed E-state index contributed by atoms with van der Waals surface area (Å²) in [5.41, 5.74) is 3.34. The summed E-state index contributed by atoms with van der Waals surface area (Å²) >= 11 is 0. The molecular formula is C13H24N2O2. The molecule has 0 aliphatic rings. The third kappa shape index (κ3) is 4.13. The average molecular weight is 240 g/mol. The first kappa shape index (κ1) is 14.2. The molecule has 0 aliphatic heterocycles. The second-order valence-electron chi connectivity index (χ2n) is 5.06. The second kappa shape index (κ2) is 6.17. The molecule has 0 saturated heterocycles. The first-order chi connectivity index (χ1) is 7.91. The summed E-state index contributed by atoms with van der Waals surface area (Å²) in [6, 6.07) is 0. The molecule has 0 radical (unpaired) electrons. The molecule has 1 aromatic heterocycles. The molecule has 1 atom stereocenters. The van der Waals surface area contributed by atoms with Crippen LogP contribution in [0.25, 0.3) is 0 Å². The van der Waals surface area contributed by atoms with Crippen LogP contribution in [0.1, 0.15) is 30.8 Å². The SMILES string of the molecule is Cc1nn(C[C@@H](O)COCC(C)C)c(C)c1C. The lowest BCUT2D eigenvalue weighted by Crippen LogP contribution is -2.24. The fourth-order valence-electron chi connectivity index (χ4n) is 1.66. The number of ether oxygens (including phenoxy) is 1. The number of nitrogens with zero attached hydrogens (tertiary/aromatic N) is 2. The molecular weight excluding hydrogens is 216 g/mol. The lowest BCUT2D eigenvalue weighted by atomic mass is 10.2. The standard InChI is InChI=1S/C13H24N2O2/c1-9(2)7-17-8-13(16)6-15-12(5)10(3)11(4)14-15/h9,13,16H,6-8H2,1-5H3/t13-/m1/s1. The number of hydrogen-bond donors (Lipinski definition) is 1. The smallest absolute Gasteiger partial charge is 0.0969 e. The molecule has 4 heteroatoms. The Morgan fingerprint density at radius 3 is 2.35 bits per heavy atom. The van der Waals surface area contributed by atoms with E-state index in [0.717, 1.165) is 11.4 Å². The quantitative estimate of drug-likeness (QED) is 0.825. The van der Waals surface area contributed by atoms with Crippen molar-refractivity contribution < 1.29 is 9.84 Å². The molecule has 0 spiro atoms. The maximum atomic E-state index is 9.85. The van der Waals surface area contributed by atoms with Crippen LogP contribution in [0.3, 0.4) is 0 Å². The van der Waals surface area contributed by atoms with Crippen molar-refractivity contribution in [1.82, 2.24) is 9.78 Å². The first-order valence-corrected chi connectivity index (χ1v) is 6.18. The van der Waals surface area contributed by atoms with E-state index in [0.29, 0.717) is 25.7 Å². The van der Waals surface area contributed by atoms with Gasteiger partial charge >= 0.3 is 0 Å². The van der Waals surface area contributed by atoms with Gasteiger partial charge in [0.25, 0.3) is 0 Å². The average Bonchev–Trinajstić information content (AvgIpc) is 2.46. The maximum absolute atomic E-state index is 9.85. The van der Waals surface area contributed by atoms with Gasteiger partial charge in [-0.3, -0.25) is 4.68 Å². The van der Waals surface area contributed by atoms with Crippen LogP contribution in [0.5, 0.6) is 0 Å². The van der Waals surface area contributed by atoms with Gasteiger partial charge in [-0.1, -0.05) is 13.8 Å². The van der Waals surface area contributed by atoms with Crippen LogP contribution < -0.4 is 0 Å². The fraction of sp³-hybridized carbons (Fsp3) is 0.769. The second-order valence-corrected chi connectivity index (χ2v) is 5.06. The van der Waals surface area contributed by atoms with Crippen molar-refractivity contribution in [2.24, 2.45) is 5.92 Å². The maximum Gasteiger partial charge on any atom is 0.0969 e. The molecule has 0 fully saturated rings. The van der Waals surface area contributed by atoms with E-state index in [4.69, 9.17) is 4.74 Å². The van der Waals surface area contributed by atoms with Gasteiger partial charge in [0, 0.05) is 12.3 Å². The minimum Gasteiger partial charge on any atom is -0.389 e. The Balaban J connectivity index is 2.45. The molecule has 4 nitrogen and oxygen atoms in total. The summed E-state index contributed by atoms with van der Waals surface area (Å²) in [5, 5.41) is 14.2. The molecule has 0 bridgehead atoms. The zero-order valence-corrected chi connectivity index (χ0v) is 11.5. The van der Waals surface area contributed by atoms with Crippen molar-refractivity contribution in [3.05, 3.63) is 17.0 Å². The zero-order chi connectivity index (χ0) is 13.0. The van der Waals surface area contributed by atoms with E-state index in [1.165, 1.54) is 5.56 Å². The van der Waals surface area contributed by atoms with Gasteiger partial charge in [-0.25, -0.2) is 0 Å². The summed E-state index contributed by atoms with van der Waals surface area (Å²) < 4.78 is 7.27. The van der Waals surface area contributed by atoms with E-state index in [9.17, 15) is 5.11 Å². The molecule has 1 rings (SSSR count). The Hall–Kier alpha value is -0.870. The van der Waals surface area contributed by atoms with E-state index in [2.05, 4.69) is 25.9 Å². The van der Waals surface area contributed by atoms with Gasteiger partial charge in [0.15, 0.2) is 0 Å². The van der Waals surface area contributed by atoms with Gasteiger partial charge < -0.3 is 9.84 Å². The summed E-state index contributed by atoms with van der Waals surface area (Å²) in [5.74, 6) is 0.498. The highest BCUT2D eigenvalue weighted by Crippen LogP contribution is 2.11. The predicted molar refractivity (Wildman–Crippen MR) is 68.1 cm³/mol. The molecule has 1 heterocycles. The molecule has 0 aliphatic carbocycles. The highest BCUT2D eigenvalue weighted by molar-refractivity contribution is 5.22. The number of aliphatic hydroxyl groups excluding tert-OH is 1. The Morgan fingerprint density at radius 1 is 1.24 bits per heavy atom. The largest absolute Gasteiger partial charge is 0.389 e. The molecule has 17 heavy (non-hydrogen) atoms. The number of aryl methyl sites for hydroxylation is 1. The lowest BCUT2D eigenvalue weighted by molar-refractivity contribution is 0.0162. The molecule has 0 amide bonds. The highest BCUT2D eigenvalue weighted by atomic mass is 16.5. The Kier molecular flexibility index (Phi) is 5.15. The van der Waals surface area contributed by atoms with Crippen molar-refractivity contribution in [3.63, 3.8) is 0 Å². The first-order valence-electron chi connectivity index (χ1n) is 6.18. The van der Waals surface area contributed by atoms with Gasteiger partial charge in [-0.05, 0) is 32.3 Å². The minimum absolute atomic E-state index is 0.371. The van der Waals surface area contributed by atoms with Crippen molar-refractivity contribution >= 4 is 0 Å². The van der Waals surface area contributed by atoms with Gasteiger partial charge in [-0.15, -0.1) is 0 Å². The van der Waals surface area contributed by atoms with Crippen LogP contribution in [-0.4, -0.2) is 34.2 Å². The summed E-state index contributed by atoms with van der Waals surface area (Å²) in [4.78, 5) is 0. The minimum atomic E-state index is -0.494. The van der Waals surface area contributed by atoms with E-state index >= 15 is 0 Å². The van der Waals surface area contributed by atoms with Gasteiger partial charge in [0.1, 0.15) is 0 Å². The fourth-order valence-corrected chi connectivity index (χ4v) is 1.66. The number of hydrogen-bond acceptors (Lipinski definition) is 3. The van der Waals surface area contributed by atoms with Crippen LogP contribution in [-0.2, 0) is 11.3 Å². The number of aromatic nitrogens is 2. The van der Waals surface area contributed by atoms with Crippen molar-refractivity contribution in [2.45, 2.75) is 47.3 Å². The van der Waals surface area contributed by atoms with Gasteiger partial charge in [0.2, 0.25) is 0 Å². The van der Waals surface area contributed by atoms with E-state index in [1.807, 2.05) is 18.5 Å². The van der Waals surface area contributed by atoms with Crippen LogP contribution in [0, 0.1) is 26.7 Å². The van der Waals surface area contributed by atoms with Crippen LogP contribution in [0.2, 0.25) is 0 Å². The van der Waals surface area contributed by atoms with Crippen LogP contribution >= 0.6 is 0 Å². The van der Waals surface area contributed by atoms with Crippen molar-refractivity contribution in [2.75, 3.05) is 13.2 Å². The van der Waals surface area contributed by atoms with E-state index in [-0.39, 0.29) is 0 Å². The Labute approximate surface area is 104 Å². The molecule has 0 saturated carbocycles. The van der Waals surface area contributed by atoms with Gasteiger partial charge in [-0.2, -0.15) is 5.10 Å². The van der Waals surface area contributed by atoms with E-state index < -0.39 is 6.10 Å². The Morgan fingerprint density at radius 2 is 1.88 bits per heavy atom. The van der Waals surface area contributed by atoms with E-state index in [1.54, 1.807) is 0 Å². The van der Waals surface area contributed by atoms with Gasteiger partial charge in [0.05, 0.1) is 24.9 Å². The third-order valence-corrected chi connectivity index (χ3v) is 2.89. The number of rotatable bonds is 6.